The molecular weight excluding hydrogens is 82.9 g/mol. The van der Waals surface area contributed by atoms with Gasteiger partial charge in [0.25, 0.3) is 0 Å². The molecule has 0 saturated carbocycles. The summed E-state index contributed by atoms with van der Waals surface area (Å²) in [5.41, 5.74) is 0. The molecule has 0 radical (unpaired) electrons. The largest absolute Gasteiger partial charge is 0.337 e. The van der Waals surface area contributed by atoms with Gasteiger partial charge in [0.15, 0.2) is 0 Å². The van der Waals surface area contributed by atoms with E-state index in [1.54, 1.807) is 0 Å². The molecule has 0 aromatic carbocycles. The molecule has 1 N–H and O–H groups in total. The maximum atomic E-state index is 7.70. The van der Waals surface area contributed by atoms with Crippen LogP contribution in [0.2, 0.25) is 0 Å². The molecule has 0 rings (SSSR count). The molecule has 0 bridgehead atoms. The molecule has 5 heavy (non-hydrogen) atoms. The number of nitrogens with zero attached hydrogens (tertiary/aromatic N) is 1. The number of nitrogens with one attached hydrogen (secondary N) is 1. The lowest BCUT2D eigenvalue weighted by molar-refractivity contribution is 1.55. The van der Waals surface area contributed by atoms with Crippen LogP contribution in [0.3, 0.4) is 0 Å². The van der Waals surface area contributed by atoms with Crippen LogP contribution in [0.1, 0.15) is 0 Å². The van der Waals surface area contributed by atoms with Gasteiger partial charge in [0.05, 0.1) is 0 Å². The first-order chi connectivity index (χ1) is 2.41. The van der Waals surface area contributed by atoms with Crippen molar-refractivity contribution in [1.29, 1.82) is 5.26 Å². The van der Waals surface area contributed by atoms with Crippen molar-refractivity contribution < 1.29 is 0 Å². The van der Waals surface area contributed by atoms with Crippen molar-refractivity contribution in [3.05, 3.63) is 0 Å². The molecule has 0 aromatic heterocycles. The predicted molar refractivity (Wildman–Crippen MR) is 24.9 cm³/mol. The van der Waals surface area contributed by atoms with E-state index in [0.29, 0.717) is 7.41 Å². The monoisotopic (exact) mass is 86.0 g/mol. The van der Waals surface area contributed by atoms with Crippen molar-refractivity contribution in [3.8, 4) is 5.97 Å². The molecule has 0 spiro atoms. The van der Waals surface area contributed by atoms with Gasteiger partial charge in [-0.2, -0.15) is 0 Å². The Labute approximate surface area is 37.0 Å². The second kappa shape index (κ2) is 3.86. The predicted octanol–water partition coefficient (Wildman–Crippen LogP) is -0.747. The zero-order valence-electron chi connectivity index (χ0n) is 2.60. The van der Waals surface area contributed by atoms with Gasteiger partial charge in [0.2, 0.25) is 0 Å². The van der Waals surface area contributed by atoms with E-state index in [9.17, 15) is 0 Å². The smallest absolute Gasteiger partial charge is 0.294 e. The maximum Gasteiger partial charge on any atom is 0.337 e. The zero-order chi connectivity index (χ0) is 4.12. The molecule has 4 heteroatoms. The van der Waals surface area contributed by atoms with Gasteiger partial charge in [-0.05, 0) is 0 Å². The van der Waals surface area contributed by atoms with Crippen molar-refractivity contribution in [3.63, 3.8) is 0 Å². The first kappa shape index (κ1) is 4.86. The molecule has 0 saturated heterocycles. The summed E-state index contributed by atoms with van der Waals surface area (Å²) < 4.78 is 2.35. The van der Waals surface area contributed by atoms with Gasteiger partial charge in [-0.3, -0.25) is 4.63 Å². The third kappa shape index (κ3) is 3.86. The lowest BCUT2D eigenvalue weighted by atomic mass is 10.0. The van der Waals surface area contributed by atoms with E-state index in [1.165, 1.54) is 0 Å². The van der Waals surface area contributed by atoms with Crippen molar-refractivity contribution >= 4 is 20.2 Å². The number of nitriles is 1. The van der Waals surface area contributed by atoms with E-state index >= 15 is 0 Å². The minimum Gasteiger partial charge on any atom is -0.294 e. The average Bonchev–Trinajstić information content (AvgIpc) is 1.41. The summed E-state index contributed by atoms with van der Waals surface area (Å²) >= 11 is 3.53. The van der Waals surface area contributed by atoms with E-state index in [2.05, 4.69) is 17.4 Å². The summed E-state index contributed by atoms with van der Waals surface area (Å²) in [7, 11) is 0.309. The maximum absolute atomic E-state index is 7.70. The topological polar surface area (TPSA) is 35.8 Å². The highest BCUT2D eigenvalue weighted by atomic mass is 32.1. The Kier molecular flexibility index (Phi) is 3.76. The molecule has 26 valence electrons. The lowest BCUT2D eigenvalue weighted by Crippen LogP contribution is -2.01. The summed E-state index contributed by atoms with van der Waals surface area (Å²) in [5.74, 6) is 1.83. The fraction of sp³-hybridized carbons (Fsp3) is 0. The molecule has 0 fully saturated rings. The van der Waals surface area contributed by atoms with Gasteiger partial charge in [-0.1, -0.05) is 0 Å². The van der Waals surface area contributed by atoms with Crippen LogP contribution in [-0.2, 0) is 0 Å². The fourth-order valence-corrected chi connectivity index (χ4v) is 0.106. The second-order valence-corrected chi connectivity index (χ2v) is 0.809. The Bertz CT molecular complexity index is 48.1. The van der Waals surface area contributed by atoms with Crippen LogP contribution in [0.25, 0.3) is 0 Å². The van der Waals surface area contributed by atoms with Crippen molar-refractivity contribution in [2.24, 2.45) is 0 Å². The van der Waals surface area contributed by atoms with E-state index in [4.69, 9.17) is 5.26 Å². The minimum absolute atomic E-state index is 0.309. The fourth-order valence-electron chi connectivity index (χ4n) is 0.0354. The summed E-state index contributed by atoms with van der Waals surface area (Å²) in [6, 6.07) is 0. The van der Waals surface area contributed by atoms with Crippen molar-refractivity contribution in [2.75, 3.05) is 0 Å². The van der Waals surface area contributed by atoms with Crippen molar-refractivity contribution in [2.45, 2.75) is 0 Å². The molecule has 0 atom stereocenters. The van der Waals surface area contributed by atoms with Crippen LogP contribution >= 0.6 is 12.8 Å². The number of hydrogen-bond acceptors (Lipinski definition) is 3. The van der Waals surface area contributed by atoms with E-state index in [0.717, 1.165) is 0 Å². The van der Waals surface area contributed by atoms with Gasteiger partial charge in [0.1, 0.15) is 0 Å². The van der Waals surface area contributed by atoms with E-state index in [-0.39, 0.29) is 0 Å². The molecule has 0 aromatic rings. The van der Waals surface area contributed by atoms with Crippen LogP contribution in [-0.4, -0.2) is 7.41 Å². The first-order valence-electron chi connectivity index (χ1n) is 1.15. The standard InChI is InChI=1S/CH3BN2S/c3-1-2-4-5/h2,4-5H. The van der Waals surface area contributed by atoms with Gasteiger partial charge in [-0.25, -0.2) is 5.26 Å². The van der Waals surface area contributed by atoms with Crippen LogP contribution in [0, 0.1) is 11.2 Å². The highest BCUT2D eigenvalue weighted by Crippen LogP contribution is 1.47. The third-order valence-corrected chi connectivity index (χ3v) is 0.316. The van der Waals surface area contributed by atoms with Crippen molar-refractivity contribution in [1.82, 2.24) is 4.63 Å². The number of rotatable bonds is 1. The first-order valence-corrected chi connectivity index (χ1v) is 1.60. The molecule has 0 unspecified atom stereocenters. The average molecular weight is 85.9 g/mol. The van der Waals surface area contributed by atoms with Crippen LogP contribution in [0.15, 0.2) is 0 Å². The quantitative estimate of drug-likeness (QED) is 0.325. The summed E-state index contributed by atoms with van der Waals surface area (Å²) in [4.78, 5) is 0. The Morgan fingerprint density at radius 3 is 2.60 bits per heavy atom. The van der Waals surface area contributed by atoms with Crippen LogP contribution in [0.4, 0.5) is 0 Å². The van der Waals surface area contributed by atoms with Crippen LogP contribution < -0.4 is 4.63 Å². The Morgan fingerprint density at radius 2 is 2.60 bits per heavy atom. The molecule has 0 aliphatic carbocycles. The third-order valence-electron chi connectivity index (χ3n) is 0.158. The Morgan fingerprint density at radius 1 is 2.00 bits per heavy atom. The van der Waals surface area contributed by atoms with E-state index in [1.807, 2.05) is 5.97 Å². The van der Waals surface area contributed by atoms with Gasteiger partial charge in [0, 0.05) is 5.97 Å². The minimum atomic E-state index is 0.309. The molecule has 0 amide bonds. The van der Waals surface area contributed by atoms with Gasteiger partial charge < -0.3 is 0 Å². The summed E-state index contributed by atoms with van der Waals surface area (Å²) in [5, 5.41) is 7.70. The van der Waals surface area contributed by atoms with Gasteiger partial charge in [-0.15, -0.1) is 12.8 Å². The zero-order valence-corrected chi connectivity index (χ0v) is 3.50. The summed E-state index contributed by atoms with van der Waals surface area (Å²) in [6.07, 6.45) is 0. The summed E-state index contributed by atoms with van der Waals surface area (Å²) in [6.45, 7) is 0. The SMILES string of the molecule is N#CBNS. The molecule has 2 nitrogen and oxygen atoms in total. The van der Waals surface area contributed by atoms with E-state index < -0.39 is 0 Å². The Balaban J connectivity index is 2.48. The number of thiol groups is 1. The normalized spacial score (nSPS) is 5.60. The molecular formula is CH3BN2S. The van der Waals surface area contributed by atoms with Crippen LogP contribution in [0.5, 0.6) is 0 Å². The Hall–Kier alpha value is -0.135. The highest BCUT2D eigenvalue weighted by molar-refractivity contribution is 7.79. The molecule has 0 aliphatic heterocycles. The molecule has 0 aliphatic rings. The number of hydrogen-bond donors (Lipinski definition) is 2. The molecule has 0 heterocycles. The lowest BCUT2D eigenvalue weighted by Gasteiger charge is -1.68. The second-order valence-electron chi connectivity index (χ2n) is 0.493. The highest BCUT2D eigenvalue weighted by Gasteiger charge is 1.70. The van der Waals surface area contributed by atoms with Gasteiger partial charge >= 0.3 is 7.41 Å².